The van der Waals surface area contributed by atoms with Crippen LogP contribution in [0.15, 0.2) is 66.2 Å². The normalized spacial score (nSPS) is 18.5. The summed E-state index contributed by atoms with van der Waals surface area (Å²) in [4.78, 5) is 12.0. The van der Waals surface area contributed by atoms with E-state index in [-0.39, 0.29) is 17.6 Å². The van der Waals surface area contributed by atoms with E-state index in [0.29, 0.717) is 25.1 Å². The number of carbonyl (C=O) groups excluding carboxylic acids is 1. The van der Waals surface area contributed by atoms with Gasteiger partial charge in [-0.2, -0.15) is 0 Å². The molecule has 2 aromatic rings. The Balaban J connectivity index is 1.37. The number of ether oxygens (including phenoxy) is 2. The van der Waals surface area contributed by atoms with E-state index in [2.05, 4.69) is 5.32 Å². The Morgan fingerprint density at radius 1 is 1.20 bits per heavy atom. The predicted molar refractivity (Wildman–Crippen MR) is 118 cm³/mol. The summed E-state index contributed by atoms with van der Waals surface area (Å²) in [5.41, 5.74) is 2.59. The van der Waals surface area contributed by atoms with Crippen LogP contribution in [0.25, 0.3) is 0 Å². The largest absolute Gasteiger partial charge is 0.490 e. The Morgan fingerprint density at radius 3 is 2.50 bits per heavy atom. The molecule has 0 aliphatic carbocycles. The summed E-state index contributed by atoms with van der Waals surface area (Å²) in [7, 11) is 0. The highest BCUT2D eigenvalue weighted by atomic mass is 16.6. The maximum absolute atomic E-state index is 12.0. The minimum atomic E-state index is -0.506. The fraction of sp³-hybridized carbons (Fsp3) is 0.400. The molecule has 1 heterocycles. The van der Waals surface area contributed by atoms with E-state index in [4.69, 9.17) is 9.47 Å². The molecule has 3 rings (SSSR count). The van der Waals surface area contributed by atoms with Crippen LogP contribution >= 0.6 is 0 Å². The van der Waals surface area contributed by atoms with Crippen LogP contribution in [0.3, 0.4) is 0 Å². The maximum atomic E-state index is 12.0. The highest BCUT2D eigenvalue weighted by Gasteiger charge is 2.48. The molecule has 0 aromatic heterocycles. The molecular weight excluding hydrogens is 378 g/mol. The van der Waals surface area contributed by atoms with Crippen LogP contribution in [0.5, 0.6) is 5.75 Å². The summed E-state index contributed by atoms with van der Waals surface area (Å²) in [6.07, 6.45) is 2.90. The number of nitrogens with one attached hydrogen (secondary N) is 1. The first kappa shape index (κ1) is 22.1. The van der Waals surface area contributed by atoms with Gasteiger partial charge in [-0.1, -0.05) is 30.3 Å². The van der Waals surface area contributed by atoms with Crippen LogP contribution in [0.4, 0.5) is 0 Å². The van der Waals surface area contributed by atoms with Gasteiger partial charge in [0.15, 0.2) is 0 Å². The summed E-state index contributed by atoms with van der Waals surface area (Å²) in [5, 5.41) is 13.2. The number of carbonyl (C=O) groups is 1. The number of amides is 1. The molecule has 0 radical (unpaired) electrons. The Hall–Kier alpha value is -2.63. The van der Waals surface area contributed by atoms with Crippen molar-refractivity contribution >= 4 is 5.91 Å². The smallest absolute Gasteiger partial charge is 0.251 e. The minimum Gasteiger partial charge on any atom is -0.490 e. The van der Waals surface area contributed by atoms with Crippen molar-refractivity contribution in [3.63, 3.8) is 0 Å². The van der Waals surface area contributed by atoms with Gasteiger partial charge in [0, 0.05) is 18.5 Å². The molecule has 2 N–H and O–H groups in total. The molecule has 30 heavy (non-hydrogen) atoms. The third kappa shape index (κ3) is 6.44. The quantitative estimate of drug-likeness (QED) is 0.461. The number of rotatable bonds is 10. The highest BCUT2D eigenvalue weighted by molar-refractivity contribution is 5.94. The average molecular weight is 410 g/mol. The standard InChI is InChI=1S/C25H31NO4/c1-18(22(27)17-23-25(2,3)30-23)14-16-29-21-11-9-19(10-12-21)13-15-26-24(28)20-7-5-4-6-8-20/h4-12,14,22-23,27H,13,15-17H2,1-3H3,(H,26,28)/b18-14+/t22-,23+/m1/s1. The highest BCUT2D eigenvalue weighted by Crippen LogP contribution is 2.39. The first-order chi connectivity index (χ1) is 14.3. The summed E-state index contributed by atoms with van der Waals surface area (Å²) >= 11 is 0. The van der Waals surface area contributed by atoms with Crippen LogP contribution in [0.1, 0.15) is 43.1 Å². The SMILES string of the molecule is C/C(=C\COc1ccc(CCNC(=O)c2ccccc2)cc1)[C@H](O)C[C@@H]1OC1(C)C. The maximum Gasteiger partial charge on any atom is 0.251 e. The zero-order chi connectivity index (χ0) is 21.6. The molecule has 1 amide bonds. The lowest BCUT2D eigenvalue weighted by atomic mass is 10.0. The van der Waals surface area contributed by atoms with E-state index >= 15 is 0 Å². The van der Waals surface area contributed by atoms with Gasteiger partial charge in [0.25, 0.3) is 5.91 Å². The van der Waals surface area contributed by atoms with Gasteiger partial charge in [-0.3, -0.25) is 4.79 Å². The van der Waals surface area contributed by atoms with Gasteiger partial charge < -0.3 is 19.9 Å². The van der Waals surface area contributed by atoms with Crippen molar-refractivity contribution in [2.75, 3.05) is 13.2 Å². The molecule has 1 aliphatic heterocycles. The fourth-order valence-corrected chi connectivity index (χ4v) is 3.22. The van der Waals surface area contributed by atoms with Crippen LogP contribution in [-0.4, -0.2) is 42.0 Å². The number of aliphatic hydroxyl groups excluding tert-OH is 1. The molecule has 0 spiro atoms. The fourth-order valence-electron chi connectivity index (χ4n) is 3.22. The topological polar surface area (TPSA) is 71.1 Å². The van der Waals surface area contributed by atoms with Gasteiger partial charge in [-0.05, 0) is 68.7 Å². The van der Waals surface area contributed by atoms with Gasteiger partial charge in [0.1, 0.15) is 12.4 Å². The Labute approximate surface area is 178 Å². The molecule has 0 saturated carbocycles. The van der Waals surface area contributed by atoms with Gasteiger partial charge >= 0.3 is 0 Å². The van der Waals surface area contributed by atoms with Crippen molar-refractivity contribution < 1.29 is 19.4 Å². The van der Waals surface area contributed by atoms with E-state index in [1.807, 2.05) is 69.3 Å². The van der Waals surface area contributed by atoms with Crippen molar-refractivity contribution in [3.8, 4) is 5.75 Å². The molecule has 1 aliphatic rings. The Kier molecular flexibility index (Phi) is 7.29. The summed E-state index contributed by atoms with van der Waals surface area (Å²) in [6.45, 7) is 6.97. The van der Waals surface area contributed by atoms with Crippen molar-refractivity contribution in [3.05, 3.63) is 77.4 Å². The number of aliphatic hydroxyl groups is 1. The van der Waals surface area contributed by atoms with E-state index in [1.54, 1.807) is 12.1 Å². The van der Waals surface area contributed by atoms with Gasteiger partial charge in [-0.15, -0.1) is 0 Å². The van der Waals surface area contributed by atoms with Crippen molar-refractivity contribution in [2.24, 2.45) is 0 Å². The molecule has 0 bridgehead atoms. The average Bonchev–Trinajstić information content (AvgIpc) is 3.35. The number of hydrogen-bond donors (Lipinski definition) is 2. The lowest BCUT2D eigenvalue weighted by molar-refractivity contribution is 0.0954. The number of hydrogen-bond acceptors (Lipinski definition) is 4. The van der Waals surface area contributed by atoms with Crippen LogP contribution < -0.4 is 10.1 Å². The Morgan fingerprint density at radius 2 is 1.87 bits per heavy atom. The second-order valence-corrected chi connectivity index (χ2v) is 8.24. The molecule has 5 heteroatoms. The minimum absolute atomic E-state index is 0.0586. The molecule has 1 saturated heterocycles. The zero-order valence-electron chi connectivity index (χ0n) is 17.9. The molecule has 5 nitrogen and oxygen atoms in total. The molecule has 1 fully saturated rings. The van der Waals surface area contributed by atoms with Crippen LogP contribution in [0.2, 0.25) is 0 Å². The second-order valence-electron chi connectivity index (χ2n) is 8.24. The third-order valence-electron chi connectivity index (χ3n) is 5.44. The molecule has 2 atom stereocenters. The van der Waals surface area contributed by atoms with Crippen LogP contribution in [0, 0.1) is 0 Å². The number of benzene rings is 2. The zero-order valence-corrected chi connectivity index (χ0v) is 17.9. The van der Waals surface area contributed by atoms with E-state index in [9.17, 15) is 9.90 Å². The number of epoxide rings is 1. The lowest BCUT2D eigenvalue weighted by Gasteiger charge is -2.11. The molecular formula is C25H31NO4. The predicted octanol–water partition coefficient (Wildman–Crippen LogP) is 3.91. The summed E-state index contributed by atoms with van der Waals surface area (Å²) in [5.74, 6) is 0.717. The van der Waals surface area contributed by atoms with Gasteiger partial charge in [0.05, 0.1) is 17.8 Å². The van der Waals surface area contributed by atoms with E-state index in [0.717, 1.165) is 23.3 Å². The first-order valence-corrected chi connectivity index (χ1v) is 10.4. The Bertz CT molecular complexity index is 858. The van der Waals surface area contributed by atoms with E-state index in [1.165, 1.54) is 0 Å². The first-order valence-electron chi connectivity index (χ1n) is 10.4. The molecule has 160 valence electrons. The summed E-state index contributed by atoms with van der Waals surface area (Å²) in [6, 6.07) is 17.1. The van der Waals surface area contributed by atoms with E-state index < -0.39 is 6.10 Å². The van der Waals surface area contributed by atoms with Crippen molar-refractivity contribution in [1.82, 2.24) is 5.32 Å². The second kappa shape index (κ2) is 9.92. The lowest BCUT2D eigenvalue weighted by Crippen LogP contribution is -2.25. The molecule has 2 aromatic carbocycles. The van der Waals surface area contributed by atoms with Crippen molar-refractivity contribution in [2.45, 2.75) is 51.4 Å². The van der Waals surface area contributed by atoms with Gasteiger partial charge in [0.2, 0.25) is 0 Å². The summed E-state index contributed by atoms with van der Waals surface area (Å²) < 4.78 is 11.3. The monoisotopic (exact) mass is 409 g/mol. The molecule has 0 unspecified atom stereocenters. The van der Waals surface area contributed by atoms with Gasteiger partial charge in [-0.25, -0.2) is 0 Å². The van der Waals surface area contributed by atoms with Crippen molar-refractivity contribution in [1.29, 1.82) is 0 Å². The third-order valence-corrected chi connectivity index (χ3v) is 5.44. The van der Waals surface area contributed by atoms with Crippen LogP contribution in [-0.2, 0) is 11.2 Å².